The number of amides is 3. The van der Waals surface area contributed by atoms with Crippen molar-refractivity contribution in [2.75, 3.05) is 31.6 Å². The van der Waals surface area contributed by atoms with Gasteiger partial charge in [0.1, 0.15) is 5.01 Å². The van der Waals surface area contributed by atoms with Gasteiger partial charge in [-0.15, -0.1) is 11.3 Å². The minimum absolute atomic E-state index is 0.0623. The molecular formula is C21H23ClN4O4S. The van der Waals surface area contributed by atoms with E-state index in [1.54, 1.807) is 15.9 Å². The zero-order chi connectivity index (χ0) is 22.2. The molecule has 10 heteroatoms. The van der Waals surface area contributed by atoms with E-state index in [2.05, 4.69) is 4.98 Å². The summed E-state index contributed by atoms with van der Waals surface area (Å²) in [5, 5.41) is 3.15. The van der Waals surface area contributed by atoms with E-state index in [1.165, 1.54) is 18.4 Å². The number of aryl methyl sites for hydroxylation is 1. The normalized spacial score (nSPS) is 19.7. The zero-order valence-corrected chi connectivity index (χ0v) is 18.7. The van der Waals surface area contributed by atoms with Crippen LogP contribution in [-0.2, 0) is 32.6 Å². The lowest BCUT2D eigenvalue weighted by Gasteiger charge is -2.25. The van der Waals surface area contributed by atoms with Gasteiger partial charge in [0.2, 0.25) is 11.8 Å². The van der Waals surface area contributed by atoms with E-state index in [4.69, 9.17) is 22.1 Å². The lowest BCUT2D eigenvalue weighted by Crippen LogP contribution is -2.40. The van der Waals surface area contributed by atoms with Crippen molar-refractivity contribution in [2.45, 2.75) is 31.1 Å². The number of rotatable bonds is 5. The average molecular weight is 463 g/mol. The fourth-order valence-corrected chi connectivity index (χ4v) is 5.38. The molecule has 0 bridgehead atoms. The molecule has 0 aliphatic carbocycles. The van der Waals surface area contributed by atoms with Crippen molar-refractivity contribution in [3.05, 3.63) is 44.9 Å². The summed E-state index contributed by atoms with van der Waals surface area (Å²) in [5.41, 5.74) is 7.41. The second kappa shape index (κ2) is 8.47. The first-order valence-corrected chi connectivity index (χ1v) is 11.2. The Morgan fingerprint density at radius 2 is 2.13 bits per heavy atom. The zero-order valence-electron chi connectivity index (χ0n) is 17.1. The predicted molar refractivity (Wildman–Crippen MR) is 117 cm³/mol. The van der Waals surface area contributed by atoms with Crippen molar-refractivity contribution in [1.29, 1.82) is 0 Å². The van der Waals surface area contributed by atoms with Gasteiger partial charge >= 0.3 is 6.09 Å². The number of carbonyl (C=O) groups excluding carboxylic acids is 3. The number of nitrogens with zero attached hydrogens (tertiary/aromatic N) is 3. The topological polar surface area (TPSA) is 106 Å². The number of hydrogen-bond donors (Lipinski definition) is 1. The lowest BCUT2D eigenvalue weighted by molar-refractivity contribution is -0.118. The number of thiazole rings is 1. The third kappa shape index (κ3) is 4.24. The van der Waals surface area contributed by atoms with Gasteiger partial charge in [0.25, 0.3) is 0 Å². The van der Waals surface area contributed by atoms with Crippen molar-refractivity contribution in [3.8, 4) is 0 Å². The van der Waals surface area contributed by atoms with Crippen LogP contribution in [0.4, 0.5) is 10.5 Å². The van der Waals surface area contributed by atoms with Gasteiger partial charge in [0, 0.05) is 47.6 Å². The minimum atomic E-state index is -0.374. The molecule has 0 radical (unpaired) electrons. The number of aromatic nitrogens is 1. The maximum absolute atomic E-state index is 13.2. The molecule has 164 valence electrons. The van der Waals surface area contributed by atoms with E-state index in [9.17, 15) is 14.4 Å². The fourth-order valence-electron chi connectivity index (χ4n) is 4.39. The van der Waals surface area contributed by atoms with Crippen LogP contribution in [0.3, 0.4) is 0 Å². The van der Waals surface area contributed by atoms with Gasteiger partial charge in [-0.05, 0) is 36.6 Å². The summed E-state index contributed by atoms with van der Waals surface area (Å²) >= 11 is 7.67. The molecule has 2 aliphatic heterocycles. The van der Waals surface area contributed by atoms with Gasteiger partial charge in [0.05, 0.1) is 19.2 Å². The molecule has 31 heavy (non-hydrogen) atoms. The Morgan fingerprint density at radius 3 is 2.87 bits per heavy atom. The van der Waals surface area contributed by atoms with Crippen LogP contribution in [0.5, 0.6) is 0 Å². The minimum Gasteiger partial charge on any atom is -0.453 e. The number of primary amides is 1. The van der Waals surface area contributed by atoms with Gasteiger partial charge < -0.3 is 20.3 Å². The van der Waals surface area contributed by atoms with Crippen molar-refractivity contribution in [3.63, 3.8) is 0 Å². The average Bonchev–Trinajstić information content (AvgIpc) is 3.45. The molecule has 1 aromatic carbocycles. The van der Waals surface area contributed by atoms with Crippen molar-refractivity contribution in [1.82, 2.24) is 9.88 Å². The van der Waals surface area contributed by atoms with Crippen LogP contribution in [0.15, 0.2) is 23.6 Å². The van der Waals surface area contributed by atoms with Crippen LogP contribution in [0, 0.1) is 0 Å². The highest BCUT2D eigenvalue weighted by Gasteiger charge is 2.50. The van der Waals surface area contributed by atoms with E-state index < -0.39 is 0 Å². The number of likely N-dealkylation sites (tertiary alicyclic amines) is 1. The SMILES string of the molecule is COC(=O)N1CCC2(C1)CN(C(=O)Cc1nc(CCC(N)=O)cs1)c1ccc(Cl)cc12. The summed E-state index contributed by atoms with van der Waals surface area (Å²) in [5.74, 6) is -0.436. The highest BCUT2D eigenvalue weighted by molar-refractivity contribution is 7.09. The molecule has 1 saturated heterocycles. The Bertz CT molecular complexity index is 1040. The molecule has 3 heterocycles. The summed E-state index contributed by atoms with van der Waals surface area (Å²) in [4.78, 5) is 44.2. The maximum atomic E-state index is 13.2. The van der Waals surface area contributed by atoms with Crippen LogP contribution in [0.1, 0.15) is 29.1 Å². The first-order valence-electron chi connectivity index (χ1n) is 9.96. The molecule has 1 fully saturated rings. The molecule has 2 N–H and O–H groups in total. The number of nitrogens with two attached hydrogens (primary N) is 1. The number of carbonyl (C=O) groups is 3. The Balaban J connectivity index is 1.54. The van der Waals surface area contributed by atoms with Crippen LogP contribution in [0.25, 0.3) is 0 Å². The van der Waals surface area contributed by atoms with Crippen molar-refractivity contribution < 1.29 is 19.1 Å². The quantitative estimate of drug-likeness (QED) is 0.734. The molecule has 3 amide bonds. The molecule has 2 aliphatic rings. The summed E-state index contributed by atoms with van der Waals surface area (Å²) in [6.45, 7) is 1.52. The third-order valence-electron chi connectivity index (χ3n) is 5.90. The molecule has 1 spiro atoms. The monoisotopic (exact) mass is 462 g/mol. The van der Waals surface area contributed by atoms with Crippen molar-refractivity contribution >= 4 is 46.5 Å². The lowest BCUT2D eigenvalue weighted by atomic mass is 9.81. The van der Waals surface area contributed by atoms with Crippen LogP contribution in [-0.4, -0.2) is 54.5 Å². The third-order valence-corrected chi connectivity index (χ3v) is 7.03. The number of halogens is 1. The van der Waals surface area contributed by atoms with Crippen LogP contribution >= 0.6 is 22.9 Å². The Hall–Kier alpha value is -2.65. The number of fused-ring (bicyclic) bond motifs is 2. The Morgan fingerprint density at radius 1 is 1.32 bits per heavy atom. The second-order valence-corrected chi connectivity index (χ2v) is 9.32. The summed E-state index contributed by atoms with van der Waals surface area (Å²) in [7, 11) is 1.37. The predicted octanol–water partition coefficient (Wildman–Crippen LogP) is 2.51. The summed E-state index contributed by atoms with van der Waals surface area (Å²) in [6.07, 6.45) is 1.23. The first-order chi connectivity index (χ1) is 14.8. The summed E-state index contributed by atoms with van der Waals surface area (Å²) in [6, 6.07) is 5.54. The van der Waals surface area contributed by atoms with Crippen LogP contribution < -0.4 is 10.6 Å². The number of anilines is 1. The Kier molecular flexibility index (Phi) is 5.90. The molecule has 8 nitrogen and oxygen atoms in total. The van der Waals surface area contributed by atoms with E-state index in [-0.39, 0.29) is 36.2 Å². The molecule has 1 aromatic heterocycles. The van der Waals surface area contributed by atoms with E-state index >= 15 is 0 Å². The number of ether oxygens (including phenoxy) is 1. The van der Waals surface area contributed by atoms with Crippen molar-refractivity contribution in [2.24, 2.45) is 5.73 Å². The number of methoxy groups -OCH3 is 1. The second-order valence-electron chi connectivity index (χ2n) is 7.94. The smallest absolute Gasteiger partial charge is 0.409 e. The molecule has 2 aromatic rings. The number of hydrogen-bond acceptors (Lipinski definition) is 6. The molecular weight excluding hydrogens is 440 g/mol. The van der Waals surface area contributed by atoms with Gasteiger partial charge in [-0.2, -0.15) is 0 Å². The van der Waals surface area contributed by atoms with E-state index in [0.29, 0.717) is 36.1 Å². The Labute approximate surface area is 188 Å². The largest absolute Gasteiger partial charge is 0.453 e. The summed E-state index contributed by atoms with van der Waals surface area (Å²) < 4.78 is 4.88. The molecule has 1 unspecified atom stereocenters. The van der Waals surface area contributed by atoms with E-state index in [0.717, 1.165) is 23.4 Å². The fraction of sp³-hybridized carbons (Fsp3) is 0.429. The van der Waals surface area contributed by atoms with Gasteiger partial charge in [-0.25, -0.2) is 9.78 Å². The standard InChI is InChI=1S/C21H23ClN4O4S/c1-30-20(29)25-7-6-21(11-25)12-26(16-4-2-13(22)8-15(16)21)19(28)9-18-24-14(10-31-18)3-5-17(23)27/h2,4,8,10H,3,5-7,9,11-12H2,1H3,(H2,23,27). The molecule has 4 rings (SSSR count). The van der Waals surface area contributed by atoms with Crippen LogP contribution in [0.2, 0.25) is 5.02 Å². The highest BCUT2D eigenvalue weighted by Crippen LogP contribution is 2.47. The van der Waals surface area contributed by atoms with Gasteiger partial charge in [-0.3, -0.25) is 9.59 Å². The highest BCUT2D eigenvalue weighted by atomic mass is 35.5. The van der Waals surface area contributed by atoms with Gasteiger partial charge in [-0.1, -0.05) is 11.6 Å². The molecule has 0 saturated carbocycles. The van der Waals surface area contributed by atoms with Gasteiger partial charge in [0.15, 0.2) is 0 Å². The first kappa shape index (κ1) is 21.6. The number of benzene rings is 1. The van der Waals surface area contributed by atoms with E-state index in [1.807, 2.05) is 17.5 Å². The maximum Gasteiger partial charge on any atom is 0.409 e. The molecule has 1 atom stereocenters.